The van der Waals surface area contributed by atoms with Crippen LogP contribution in [-0.2, 0) is 9.53 Å². The van der Waals surface area contributed by atoms with Gasteiger partial charge in [0.05, 0.1) is 17.9 Å². The Bertz CT molecular complexity index is 394. The fourth-order valence-corrected chi connectivity index (χ4v) is 1.38. The SMILES string of the molecule is Cc1n[nH]c(C)c1C(=O)NCCOCC(N)=O. The first-order valence-corrected chi connectivity index (χ1v) is 5.18. The number of nitrogens with two attached hydrogens (primary N) is 1. The zero-order valence-corrected chi connectivity index (χ0v) is 9.87. The lowest BCUT2D eigenvalue weighted by Gasteiger charge is -2.05. The van der Waals surface area contributed by atoms with E-state index >= 15 is 0 Å². The Morgan fingerprint density at radius 3 is 2.71 bits per heavy atom. The molecule has 0 spiro atoms. The fourth-order valence-electron chi connectivity index (χ4n) is 1.38. The standard InChI is InChI=1S/C10H16N4O3/c1-6-9(7(2)14-13-6)10(16)12-3-4-17-5-8(11)15/h3-5H2,1-2H3,(H2,11,15)(H,12,16)(H,13,14). The molecule has 0 aliphatic carbocycles. The van der Waals surface area contributed by atoms with E-state index in [2.05, 4.69) is 15.5 Å². The summed E-state index contributed by atoms with van der Waals surface area (Å²) < 4.78 is 4.91. The molecule has 0 aromatic carbocycles. The van der Waals surface area contributed by atoms with Crippen molar-refractivity contribution >= 4 is 11.8 Å². The summed E-state index contributed by atoms with van der Waals surface area (Å²) in [5, 5.41) is 9.32. The maximum absolute atomic E-state index is 11.7. The quantitative estimate of drug-likeness (QED) is 0.568. The van der Waals surface area contributed by atoms with Crippen molar-refractivity contribution in [1.29, 1.82) is 0 Å². The molecule has 0 aliphatic rings. The van der Waals surface area contributed by atoms with Gasteiger partial charge in [-0.05, 0) is 13.8 Å². The van der Waals surface area contributed by atoms with Gasteiger partial charge in [-0.3, -0.25) is 14.7 Å². The van der Waals surface area contributed by atoms with E-state index in [0.717, 1.165) is 5.69 Å². The highest BCUT2D eigenvalue weighted by atomic mass is 16.5. The van der Waals surface area contributed by atoms with Crippen LogP contribution in [0.25, 0.3) is 0 Å². The second-order valence-corrected chi connectivity index (χ2v) is 3.58. The highest BCUT2D eigenvalue weighted by molar-refractivity contribution is 5.96. The molecule has 0 fully saturated rings. The molecule has 0 atom stereocenters. The summed E-state index contributed by atoms with van der Waals surface area (Å²) in [5.74, 6) is -0.741. The zero-order chi connectivity index (χ0) is 12.8. The maximum atomic E-state index is 11.7. The molecular formula is C10H16N4O3. The Kier molecular flexibility index (Phi) is 4.65. The number of aromatic nitrogens is 2. The third-order valence-corrected chi connectivity index (χ3v) is 2.13. The smallest absolute Gasteiger partial charge is 0.255 e. The average Bonchev–Trinajstić information content (AvgIpc) is 2.57. The minimum Gasteiger partial charge on any atom is -0.370 e. The number of hydrogen-bond donors (Lipinski definition) is 3. The minimum atomic E-state index is -0.530. The highest BCUT2D eigenvalue weighted by Gasteiger charge is 2.14. The van der Waals surface area contributed by atoms with Crippen molar-refractivity contribution in [3.8, 4) is 0 Å². The molecule has 0 saturated carbocycles. The normalized spacial score (nSPS) is 10.2. The Labute approximate surface area is 98.7 Å². The molecule has 1 heterocycles. The highest BCUT2D eigenvalue weighted by Crippen LogP contribution is 2.08. The van der Waals surface area contributed by atoms with Gasteiger partial charge >= 0.3 is 0 Å². The first-order chi connectivity index (χ1) is 8.02. The van der Waals surface area contributed by atoms with Crippen molar-refractivity contribution in [3.63, 3.8) is 0 Å². The summed E-state index contributed by atoms with van der Waals surface area (Å²) in [5.41, 5.74) is 6.80. The summed E-state index contributed by atoms with van der Waals surface area (Å²) in [6.07, 6.45) is 0. The first kappa shape index (κ1) is 13.2. The summed E-state index contributed by atoms with van der Waals surface area (Å²) >= 11 is 0. The number of primary amides is 1. The van der Waals surface area contributed by atoms with E-state index in [1.807, 2.05) is 0 Å². The molecule has 4 N–H and O–H groups in total. The predicted octanol–water partition coefficient (Wildman–Crippen LogP) is -0.742. The van der Waals surface area contributed by atoms with Crippen molar-refractivity contribution in [2.45, 2.75) is 13.8 Å². The van der Waals surface area contributed by atoms with E-state index in [9.17, 15) is 9.59 Å². The van der Waals surface area contributed by atoms with E-state index < -0.39 is 5.91 Å². The molecule has 17 heavy (non-hydrogen) atoms. The van der Waals surface area contributed by atoms with Gasteiger partial charge in [-0.1, -0.05) is 0 Å². The van der Waals surface area contributed by atoms with Gasteiger partial charge in [-0.2, -0.15) is 5.10 Å². The number of aryl methyl sites for hydroxylation is 2. The van der Waals surface area contributed by atoms with Gasteiger partial charge in [0.2, 0.25) is 5.91 Å². The summed E-state index contributed by atoms with van der Waals surface area (Å²) in [6, 6.07) is 0. The van der Waals surface area contributed by atoms with E-state index in [1.165, 1.54) is 0 Å². The van der Waals surface area contributed by atoms with Gasteiger partial charge in [-0.25, -0.2) is 0 Å². The van der Waals surface area contributed by atoms with Crippen LogP contribution in [0.2, 0.25) is 0 Å². The molecule has 2 amide bonds. The molecular weight excluding hydrogens is 224 g/mol. The molecule has 0 radical (unpaired) electrons. The third-order valence-electron chi connectivity index (χ3n) is 2.13. The van der Waals surface area contributed by atoms with Crippen LogP contribution >= 0.6 is 0 Å². The number of rotatable bonds is 6. The number of nitrogens with one attached hydrogen (secondary N) is 2. The van der Waals surface area contributed by atoms with Gasteiger partial charge < -0.3 is 15.8 Å². The van der Waals surface area contributed by atoms with E-state index in [0.29, 0.717) is 17.8 Å². The number of nitrogens with zero attached hydrogens (tertiary/aromatic N) is 1. The first-order valence-electron chi connectivity index (χ1n) is 5.18. The average molecular weight is 240 g/mol. The lowest BCUT2D eigenvalue weighted by Crippen LogP contribution is -2.29. The van der Waals surface area contributed by atoms with Crippen molar-refractivity contribution in [1.82, 2.24) is 15.5 Å². The number of carbonyl (C=O) groups is 2. The molecule has 7 heteroatoms. The monoisotopic (exact) mass is 240 g/mol. The molecule has 0 aliphatic heterocycles. The van der Waals surface area contributed by atoms with Crippen LogP contribution in [0, 0.1) is 13.8 Å². The molecule has 1 rings (SSSR count). The van der Waals surface area contributed by atoms with Crippen LogP contribution in [0.15, 0.2) is 0 Å². The second-order valence-electron chi connectivity index (χ2n) is 3.58. The summed E-state index contributed by atoms with van der Waals surface area (Å²) in [6.45, 7) is 3.95. The van der Waals surface area contributed by atoms with Crippen molar-refractivity contribution in [2.24, 2.45) is 5.73 Å². The van der Waals surface area contributed by atoms with E-state index in [1.54, 1.807) is 13.8 Å². The largest absolute Gasteiger partial charge is 0.370 e. The second kappa shape index (κ2) is 6.00. The van der Waals surface area contributed by atoms with Crippen molar-refractivity contribution in [2.75, 3.05) is 19.8 Å². The summed E-state index contributed by atoms with van der Waals surface area (Å²) in [7, 11) is 0. The Morgan fingerprint density at radius 2 is 2.18 bits per heavy atom. The van der Waals surface area contributed by atoms with Crippen LogP contribution in [0.4, 0.5) is 0 Å². The Hall–Kier alpha value is -1.89. The molecule has 1 aromatic heterocycles. The van der Waals surface area contributed by atoms with Crippen LogP contribution in [0.5, 0.6) is 0 Å². The zero-order valence-electron chi connectivity index (χ0n) is 9.87. The number of aromatic amines is 1. The minimum absolute atomic E-state index is 0.139. The molecule has 7 nitrogen and oxygen atoms in total. The Balaban J connectivity index is 2.33. The summed E-state index contributed by atoms with van der Waals surface area (Å²) in [4.78, 5) is 22.1. The van der Waals surface area contributed by atoms with Crippen LogP contribution < -0.4 is 11.1 Å². The molecule has 0 bridgehead atoms. The molecule has 0 saturated heterocycles. The topological polar surface area (TPSA) is 110 Å². The van der Waals surface area contributed by atoms with Gasteiger partial charge in [0, 0.05) is 12.2 Å². The molecule has 1 aromatic rings. The number of hydrogen-bond acceptors (Lipinski definition) is 4. The lowest BCUT2D eigenvalue weighted by atomic mass is 10.2. The fraction of sp³-hybridized carbons (Fsp3) is 0.500. The van der Waals surface area contributed by atoms with Crippen LogP contribution in [0.3, 0.4) is 0 Å². The molecule has 94 valence electrons. The lowest BCUT2D eigenvalue weighted by molar-refractivity contribution is -0.122. The van der Waals surface area contributed by atoms with Gasteiger partial charge in [-0.15, -0.1) is 0 Å². The van der Waals surface area contributed by atoms with Gasteiger partial charge in [0.25, 0.3) is 5.91 Å². The van der Waals surface area contributed by atoms with E-state index in [-0.39, 0.29) is 19.1 Å². The maximum Gasteiger partial charge on any atom is 0.255 e. The van der Waals surface area contributed by atoms with Crippen LogP contribution in [-0.4, -0.2) is 41.8 Å². The predicted molar refractivity (Wildman–Crippen MR) is 60.4 cm³/mol. The Morgan fingerprint density at radius 1 is 1.47 bits per heavy atom. The van der Waals surface area contributed by atoms with E-state index in [4.69, 9.17) is 10.5 Å². The van der Waals surface area contributed by atoms with Gasteiger partial charge in [0.1, 0.15) is 6.61 Å². The number of carbonyl (C=O) groups excluding carboxylic acids is 2. The van der Waals surface area contributed by atoms with Crippen molar-refractivity contribution < 1.29 is 14.3 Å². The number of ether oxygens (including phenoxy) is 1. The number of H-pyrrole nitrogens is 1. The van der Waals surface area contributed by atoms with Gasteiger partial charge in [0.15, 0.2) is 0 Å². The molecule has 0 unspecified atom stereocenters. The third kappa shape index (κ3) is 3.87. The van der Waals surface area contributed by atoms with Crippen LogP contribution in [0.1, 0.15) is 21.7 Å². The number of amides is 2. The van der Waals surface area contributed by atoms with Crippen molar-refractivity contribution in [3.05, 3.63) is 17.0 Å².